The molecule has 11 heteroatoms. The van der Waals surface area contributed by atoms with Crippen molar-refractivity contribution >= 4 is 43.5 Å². The Bertz CT molecular complexity index is 1770. The normalized spacial score (nSPS) is 11.8. The van der Waals surface area contributed by atoms with Crippen LogP contribution >= 0.6 is 15.9 Å². The third-order valence-corrected chi connectivity index (χ3v) is 9.89. The summed E-state index contributed by atoms with van der Waals surface area (Å²) in [5, 5.41) is 2.95. The first kappa shape index (κ1) is 35.5. The largest absolute Gasteiger partial charge is 0.493 e. The Hall–Kier alpha value is -4.35. The molecule has 248 valence electrons. The highest BCUT2D eigenvalue weighted by molar-refractivity contribution is 9.10. The summed E-state index contributed by atoms with van der Waals surface area (Å²) in [6, 6.07) is 27.1. The topological polar surface area (TPSA) is 105 Å². The van der Waals surface area contributed by atoms with E-state index in [1.807, 2.05) is 68.4 Å². The monoisotopic (exact) mass is 721 g/mol. The summed E-state index contributed by atoms with van der Waals surface area (Å²) in [6.07, 6.45) is 0.947. The number of benzene rings is 4. The molecule has 9 nitrogen and oxygen atoms in total. The second-order valence-electron chi connectivity index (χ2n) is 11.0. The number of carbonyl (C=O) groups excluding carboxylic acids is 2. The Morgan fingerprint density at radius 3 is 2.17 bits per heavy atom. The minimum Gasteiger partial charge on any atom is -0.493 e. The zero-order valence-electron chi connectivity index (χ0n) is 27.0. The van der Waals surface area contributed by atoms with Crippen LogP contribution in [-0.2, 0) is 32.6 Å². The summed E-state index contributed by atoms with van der Waals surface area (Å²) in [6.45, 7) is 3.74. The molecule has 0 bridgehead atoms. The van der Waals surface area contributed by atoms with Gasteiger partial charge in [-0.15, -0.1) is 0 Å². The fraction of sp³-hybridized carbons (Fsp3) is 0.278. The van der Waals surface area contributed by atoms with Crippen LogP contribution in [0.5, 0.6) is 11.5 Å². The van der Waals surface area contributed by atoms with Crippen LogP contribution < -0.4 is 19.1 Å². The van der Waals surface area contributed by atoms with Gasteiger partial charge in [-0.25, -0.2) is 8.42 Å². The van der Waals surface area contributed by atoms with Crippen LogP contribution in [0.1, 0.15) is 30.0 Å². The molecule has 0 spiro atoms. The second-order valence-corrected chi connectivity index (χ2v) is 13.8. The minimum atomic E-state index is -4.26. The number of hydrogen-bond acceptors (Lipinski definition) is 6. The molecule has 1 unspecified atom stereocenters. The van der Waals surface area contributed by atoms with Crippen LogP contribution in [0, 0.1) is 6.92 Å². The molecule has 2 amide bonds. The van der Waals surface area contributed by atoms with Crippen LogP contribution in [0.3, 0.4) is 0 Å². The van der Waals surface area contributed by atoms with E-state index in [1.54, 1.807) is 24.3 Å². The summed E-state index contributed by atoms with van der Waals surface area (Å²) >= 11 is 3.50. The Morgan fingerprint density at radius 2 is 1.53 bits per heavy atom. The molecule has 0 aromatic heterocycles. The first-order valence-electron chi connectivity index (χ1n) is 15.2. The molecule has 1 N–H and O–H groups in total. The second kappa shape index (κ2) is 16.5. The van der Waals surface area contributed by atoms with Crippen molar-refractivity contribution in [3.63, 3.8) is 0 Å². The van der Waals surface area contributed by atoms with Crippen LogP contribution in [0.4, 0.5) is 5.69 Å². The van der Waals surface area contributed by atoms with E-state index in [0.29, 0.717) is 24.5 Å². The lowest BCUT2D eigenvalue weighted by Gasteiger charge is -2.34. The maximum Gasteiger partial charge on any atom is 0.264 e. The first-order chi connectivity index (χ1) is 22.6. The highest BCUT2D eigenvalue weighted by Crippen LogP contribution is 2.34. The molecule has 0 saturated carbocycles. The Kier molecular flexibility index (Phi) is 12.4. The molecule has 0 radical (unpaired) electrons. The number of ether oxygens (including phenoxy) is 2. The number of sulfonamides is 1. The molecule has 0 heterocycles. The molecular formula is C36H40BrN3O6S. The number of methoxy groups -OCH3 is 2. The van der Waals surface area contributed by atoms with Crippen molar-refractivity contribution in [2.45, 2.75) is 44.2 Å². The van der Waals surface area contributed by atoms with E-state index >= 15 is 0 Å². The fourth-order valence-corrected chi connectivity index (χ4v) is 6.95. The van der Waals surface area contributed by atoms with E-state index in [2.05, 4.69) is 21.2 Å². The van der Waals surface area contributed by atoms with Crippen molar-refractivity contribution in [1.29, 1.82) is 0 Å². The molecule has 47 heavy (non-hydrogen) atoms. The molecule has 4 aromatic carbocycles. The quantitative estimate of drug-likeness (QED) is 0.158. The van der Waals surface area contributed by atoms with Gasteiger partial charge in [0.05, 0.1) is 24.8 Å². The highest BCUT2D eigenvalue weighted by Gasteiger charge is 2.35. The van der Waals surface area contributed by atoms with E-state index in [4.69, 9.17) is 9.47 Å². The van der Waals surface area contributed by atoms with Crippen molar-refractivity contribution in [1.82, 2.24) is 10.2 Å². The predicted octanol–water partition coefficient (Wildman–Crippen LogP) is 6.14. The zero-order valence-corrected chi connectivity index (χ0v) is 29.4. The lowest BCUT2D eigenvalue weighted by atomic mass is 10.0. The smallest absolute Gasteiger partial charge is 0.264 e. The lowest BCUT2D eigenvalue weighted by Crippen LogP contribution is -2.53. The molecular weight excluding hydrogens is 682 g/mol. The zero-order chi connectivity index (χ0) is 34.0. The maximum atomic E-state index is 14.6. The van der Waals surface area contributed by atoms with Gasteiger partial charge in [-0.2, -0.15) is 0 Å². The number of nitrogens with zero attached hydrogens (tertiary/aromatic N) is 2. The minimum absolute atomic E-state index is 0.0192. The maximum absolute atomic E-state index is 14.6. The Morgan fingerprint density at radius 1 is 0.851 bits per heavy atom. The molecule has 4 rings (SSSR count). The SMILES string of the molecule is CCCNC(=O)C(Cc1ccccc1)N(Cc1cccc(Br)c1)C(=O)CN(c1ccc(OC)c(OC)c1)S(=O)(=O)c1ccc(C)cc1. The Balaban J connectivity index is 1.84. The lowest BCUT2D eigenvalue weighted by molar-refractivity contribution is -0.140. The highest BCUT2D eigenvalue weighted by atomic mass is 79.9. The molecule has 4 aromatic rings. The van der Waals surface area contributed by atoms with E-state index < -0.39 is 28.5 Å². The van der Waals surface area contributed by atoms with Crippen molar-refractivity contribution < 1.29 is 27.5 Å². The van der Waals surface area contributed by atoms with Crippen molar-refractivity contribution in [3.8, 4) is 11.5 Å². The molecule has 0 fully saturated rings. The van der Waals surface area contributed by atoms with Gasteiger partial charge in [0.1, 0.15) is 12.6 Å². The van der Waals surface area contributed by atoms with E-state index in [1.165, 1.54) is 37.3 Å². The number of amides is 2. The predicted molar refractivity (Wildman–Crippen MR) is 187 cm³/mol. The van der Waals surface area contributed by atoms with Gasteiger partial charge in [-0.05, 0) is 60.9 Å². The fourth-order valence-electron chi connectivity index (χ4n) is 5.10. The average molecular weight is 723 g/mol. The summed E-state index contributed by atoms with van der Waals surface area (Å²) < 4.78 is 41.3. The molecule has 1 atom stereocenters. The van der Waals surface area contributed by atoms with Crippen molar-refractivity contribution in [2.75, 3.05) is 31.6 Å². The van der Waals surface area contributed by atoms with Crippen LogP contribution in [0.15, 0.2) is 106 Å². The summed E-state index contributed by atoms with van der Waals surface area (Å²) in [7, 11) is -1.32. The van der Waals surface area contributed by atoms with Gasteiger partial charge in [-0.3, -0.25) is 13.9 Å². The van der Waals surface area contributed by atoms with Gasteiger partial charge in [0.25, 0.3) is 10.0 Å². The van der Waals surface area contributed by atoms with Gasteiger partial charge in [0, 0.05) is 30.0 Å². The summed E-state index contributed by atoms with van der Waals surface area (Å²) in [5.41, 5.74) is 2.72. The number of hydrogen-bond donors (Lipinski definition) is 1. The number of nitrogens with one attached hydrogen (secondary N) is 1. The molecule has 0 aliphatic heterocycles. The van der Waals surface area contributed by atoms with E-state index in [9.17, 15) is 18.0 Å². The van der Waals surface area contributed by atoms with Gasteiger partial charge in [0.2, 0.25) is 11.8 Å². The van der Waals surface area contributed by atoms with Crippen molar-refractivity contribution in [3.05, 3.63) is 118 Å². The van der Waals surface area contributed by atoms with Gasteiger partial charge >= 0.3 is 0 Å². The van der Waals surface area contributed by atoms with E-state index in [0.717, 1.165) is 25.5 Å². The number of aryl methyl sites for hydroxylation is 1. The van der Waals surface area contributed by atoms with Crippen LogP contribution in [0.2, 0.25) is 0 Å². The molecule has 0 aliphatic carbocycles. The molecule has 0 saturated heterocycles. The summed E-state index contributed by atoms with van der Waals surface area (Å²) in [4.78, 5) is 29.9. The van der Waals surface area contributed by atoms with Gasteiger partial charge < -0.3 is 19.7 Å². The third kappa shape index (κ3) is 9.14. The average Bonchev–Trinajstić information content (AvgIpc) is 3.07. The first-order valence-corrected chi connectivity index (χ1v) is 17.5. The number of anilines is 1. The summed E-state index contributed by atoms with van der Waals surface area (Å²) in [5.74, 6) is -0.170. The standard InChI is InChI=1S/C36H40BrN3O6S/c1-5-20-38-36(42)32(22-27-10-7-6-8-11-27)39(24-28-12-9-13-29(37)21-28)35(41)25-40(30-16-19-33(45-3)34(23-30)46-4)47(43,44)31-17-14-26(2)15-18-31/h6-19,21,23,32H,5,20,22,24-25H2,1-4H3,(H,38,42). The van der Waals surface area contributed by atoms with Crippen molar-refractivity contribution in [2.24, 2.45) is 0 Å². The third-order valence-electron chi connectivity index (χ3n) is 7.61. The molecule has 0 aliphatic rings. The number of halogens is 1. The number of carbonyl (C=O) groups is 2. The number of rotatable bonds is 15. The van der Waals surface area contributed by atoms with E-state index in [-0.39, 0.29) is 29.5 Å². The van der Waals surface area contributed by atoms with Gasteiger partial charge in [-0.1, -0.05) is 83.0 Å². The van der Waals surface area contributed by atoms with Crippen LogP contribution in [0.25, 0.3) is 0 Å². The van der Waals surface area contributed by atoms with Crippen LogP contribution in [-0.4, -0.2) is 58.5 Å². The van der Waals surface area contributed by atoms with Gasteiger partial charge in [0.15, 0.2) is 11.5 Å². The Labute approximate surface area is 285 Å².